The Balaban J connectivity index is 2.23. The minimum atomic E-state index is -0.0694. The summed E-state index contributed by atoms with van der Waals surface area (Å²) in [5.41, 5.74) is 1.11. The van der Waals surface area contributed by atoms with E-state index in [9.17, 15) is 4.79 Å². The van der Waals surface area contributed by atoms with Crippen molar-refractivity contribution < 1.29 is 4.79 Å². The SMILES string of the molecule is CCC(CC)CN1C(=O)C(CC)NC1c1ccc(Cl)cc1. The Morgan fingerprint density at radius 3 is 2.33 bits per heavy atom. The molecule has 0 aromatic heterocycles. The highest BCUT2D eigenvalue weighted by atomic mass is 35.5. The van der Waals surface area contributed by atoms with Crippen molar-refractivity contribution in [1.82, 2.24) is 10.2 Å². The van der Waals surface area contributed by atoms with E-state index in [1.807, 2.05) is 29.2 Å². The van der Waals surface area contributed by atoms with Gasteiger partial charge in [0.15, 0.2) is 0 Å². The zero-order valence-electron chi connectivity index (χ0n) is 13.1. The van der Waals surface area contributed by atoms with Gasteiger partial charge in [-0.25, -0.2) is 0 Å². The second-order valence-electron chi connectivity index (χ2n) is 5.75. The molecule has 0 radical (unpaired) electrons. The second kappa shape index (κ2) is 7.28. The highest BCUT2D eigenvalue weighted by Crippen LogP contribution is 2.29. The van der Waals surface area contributed by atoms with Crippen molar-refractivity contribution in [3.8, 4) is 0 Å². The summed E-state index contributed by atoms with van der Waals surface area (Å²) in [5.74, 6) is 0.783. The minimum Gasteiger partial charge on any atom is -0.321 e. The molecule has 0 bridgehead atoms. The van der Waals surface area contributed by atoms with Crippen LogP contribution in [-0.4, -0.2) is 23.4 Å². The molecule has 2 atom stereocenters. The van der Waals surface area contributed by atoms with Crippen LogP contribution in [0.2, 0.25) is 5.02 Å². The van der Waals surface area contributed by atoms with Gasteiger partial charge in [-0.15, -0.1) is 0 Å². The summed E-state index contributed by atoms with van der Waals surface area (Å²) < 4.78 is 0. The zero-order valence-corrected chi connectivity index (χ0v) is 13.9. The van der Waals surface area contributed by atoms with Gasteiger partial charge < -0.3 is 4.90 Å². The van der Waals surface area contributed by atoms with E-state index in [0.717, 1.165) is 36.4 Å². The van der Waals surface area contributed by atoms with Crippen LogP contribution in [0.15, 0.2) is 24.3 Å². The summed E-state index contributed by atoms with van der Waals surface area (Å²) >= 11 is 5.97. The van der Waals surface area contributed by atoms with Gasteiger partial charge in [-0.3, -0.25) is 10.1 Å². The Morgan fingerprint density at radius 2 is 1.81 bits per heavy atom. The molecule has 2 unspecified atom stereocenters. The van der Waals surface area contributed by atoms with Crippen LogP contribution >= 0.6 is 11.6 Å². The molecule has 21 heavy (non-hydrogen) atoms. The molecule has 1 aromatic carbocycles. The Hall–Kier alpha value is -1.06. The molecule has 1 aliphatic heterocycles. The van der Waals surface area contributed by atoms with Gasteiger partial charge in [0.2, 0.25) is 5.91 Å². The minimum absolute atomic E-state index is 0.0275. The van der Waals surface area contributed by atoms with Gasteiger partial charge in [0.05, 0.1) is 6.04 Å². The monoisotopic (exact) mass is 308 g/mol. The van der Waals surface area contributed by atoms with E-state index in [1.165, 1.54) is 0 Å². The van der Waals surface area contributed by atoms with E-state index in [0.29, 0.717) is 5.92 Å². The number of amides is 1. The predicted octanol–water partition coefficient (Wildman–Crippen LogP) is 3.99. The number of nitrogens with one attached hydrogen (secondary N) is 1. The highest BCUT2D eigenvalue weighted by Gasteiger charge is 2.38. The number of hydrogen-bond donors (Lipinski definition) is 1. The lowest BCUT2D eigenvalue weighted by atomic mass is 10.0. The topological polar surface area (TPSA) is 32.3 Å². The number of carbonyl (C=O) groups excluding carboxylic acids is 1. The number of halogens is 1. The molecule has 116 valence electrons. The van der Waals surface area contributed by atoms with E-state index in [1.54, 1.807) is 0 Å². The molecule has 3 nitrogen and oxygen atoms in total. The lowest BCUT2D eigenvalue weighted by Crippen LogP contribution is -2.35. The fourth-order valence-electron chi connectivity index (χ4n) is 2.91. The van der Waals surface area contributed by atoms with Crippen molar-refractivity contribution in [2.75, 3.05) is 6.54 Å². The van der Waals surface area contributed by atoms with Crippen molar-refractivity contribution in [1.29, 1.82) is 0 Å². The molecule has 1 saturated heterocycles. The van der Waals surface area contributed by atoms with E-state index in [2.05, 4.69) is 26.1 Å². The van der Waals surface area contributed by atoms with Crippen LogP contribution in [0, 0.1) is 5.92 Å². The normalized spacial score (nSPS) is 22.3. The summed E-state index contributed by atoms with van der Waals surface area (Å²) in [6.07, 6.45) is 3.00. The third kappa shape index (κ3) is 3.58. The largest absolute Gasteiger partial charge is 0.321 e. The van der Waals surface area contributed by atoms with Gasteiger partial charge in [0, 0.05) is 11.6 Å². The molecule has 1 aliphatic rings. The molecule has 4 heteroatoms. The van der Waals surface area contributed by atoms with Gasteiger partial charge >= 0.3 is 0 Å². The standard InChI is InChI=1S/C17H25ClN2O/c1-4-12(5-2)11-20-16(19-15(6-3)17(20)21)13-7-9-14(18)10-8-13/h7-10,12,15-16,19H,4-6,11H2,1-3H3. The van der Waals surface area contributed by atoms with Crippen molar-refractivity contribution >= 4 is 17.5 Å². The van der Waals surface area contributed by atoms with E-state index >= 15 is 0 Å². The molecule has 0 spiro atoms. The molecule has 0 aliphatic carbocycles. The van der Waals surface area contributed by atoms with Crippen LogP contribution in [0.3, 0.4) is 0 Å². The molecule has 1 aromatic rings. The van der Waals surface area contributed by atoms with Crippen LogP contribution in [0.5, 0.6) is 0 Å². The fourth-order valence-corrected chi connectivity index (χ4v) is 3.04. The molecule has 0 saturated carbocycles. The Morgan fingerprint density at radius 1 is 1.19 bits per heavy atom. The van der Waals surface area contributed by atoms with E-state index in [4.69, 9.17) is 11.6 Å². The fraction of sp³-hybridized carbons (Fsp3) is 0.588. The van der Waals surface area contributed by atoms with Crippen molar-refractivity contribution in [3.05, 3.63) is 34.9 Å². The second-order valence-corrected chi connectivity index (χ2v) is 6.19. The van der Waals surface area contributed by atoms with Gasteiger partial charge in [-0.05, 0) is 30.0 Å². The number of nitrogens with zero attached hydrogens (tertiary/aromatic N) is 1. The molecule has 2 rings (SSSR count). The average molecular weight is 309 g/mol. The first-order valence-electron chi connectivity index (χ1n) is 7.92. The Bertz CT molecular complexity index is 470. The van der Waals surface area contributed by atoms with Gasteiger partial charge in [0.25, 0.3) is 0 Å². The predicted molar refractivity (Wildman–Crippen MR) is 87.2 cm³/mol. The summed E-state index contributed by atoms with van der Waals surface area (Å²) in [7, 11) is 0. The molecular weight excluding hydrogens is 284 g/mol. The molecule has 1 N–H and O–H groups in total. The van der Waals surface area contributed by atoms with Crippen molar-refractivity contribution in [2.45, 2.75) is 52.2 Å². The highest BCUT2D eigenvalue weighted by molar-refractivity contribution is 6.30. The summed E-state index contributed by atoms with van der Waals surface area (Å²) in [4.78, 5) is 14.6. The smallest absolute Gasteiger partial charge is 0.241 e. The van der Waals surface area contributed by atoms with Crippen molar-refractivity contribution in [2.24, 2.45) is 5.92 Å². The maximum Gasteiger partial charge on any atom is 0.241 e. The van der Waals surface area contributed by atoms with E-state index in [-0.39, 0.29) is 18.1 Å². The van der Waals surface area contributed by atoms with Gasteiger partial charge in [-0.1, -0.05) is 57.3 Å². The summed E-state index contributed by atoms with van der Waals surface area (Å²) in [6, 6.07) is 7.71. The van der Waals surface area contributed by atoms with Crippen LogP contribution in [-0.2, 0) is 4.79 Å². The van der Waals surface area contributed by atoms with Crippen LogP contribution in [0.4, 0.5) is 0 Å². The quantitative estimate of drug-likeness (QED) is 0.862. The van der Waals surface area contributed by atoms with Crippen LogP contribution in [0.25, 0.3) is 0 Å². The lowest BCUT2D eigenvalue weighted by molar-refractivity contribution is -0.130. The molecule has 1 fully saturated rings. The Labute approximate surface area is 132 Å². The van der Waals surface area contributed by atoms with Gasteiger partial charge in [-0.2, -0.15) is 0 Å². The first-order chi connectivity index (χ1) is 10.1. The Kier molecular flexibility index (Phi) is 5.65. The summed E-state index contributed by atoms with van der Waals surface area (Å²) in [6.45, 7) is 7.26. The number of hydrogen-bond acceptors (Lipinski definition) is 2. The van der Waals surface area contributed by atoms with Crippen LogP contribution < -0.4 is 5.32 Å². The van der Waals surface area contributed by atoms with Gasteiger partial charge in [0.1, 0.15) is 6.17 Å². The number of benzene rings is 1. The lowest BCUT2D eigenvalue weighted by Gasteiger charge is -2.28. The summed E-state index contributed by atoms with van der Waals surface area (Å²) in [5, 5.41) is 4.19. The third-order valence-electron chi connectivity index (χ3n) is 4.46. The average Bonchev–Trinajstić information content (AvgIpc) is 2.82. The number of carbonyl (C=O) groups is 1. The maximum absolute atomic E-state index is 12.6. The molecular formula is C17H25ClN2O. The van der Waals surface area contributed by atoms with E-state index < -0.39 is 0 Å². The molecule has 1 heterocycles. The molecule has 1 amide bonds. The first kappa shape index (κ1) is 16.3. The maximum atomic E-state index is 12.6. The first-order valence-corrected chi connectivity index (χ1v) is 8.30. The zero-order chi connectivity index (χ0) is 15.4. The van der Waals surface area contributed by atoms with Crippen molar-refractivity contribution in [3.63, 3.8) is 0 Å². The third-order valence-corrected chi connectivity index (χ3v) is 4.71. The van der Waals surface area contributed by atoms with Crippen LogP contribution in [0.1, 0.15) is 51.8 Å². The number of rotatable bonds is 6.